The molecule has 0 spiro atoms. The van der Waals surface area contributed by atoms with Crippen LogP contribution in [-0.4, -0.2) is 83.6 Å². The zero-order valence-corrected chi connectivity index (χ0v) is 19.5. The molecule has 1 atom stereocenters. The second-order valence-electron chi connectivity index (χ2n) is 8.74. The van der Waals surface area contributed by atoms with Crippen LogP contribution in [0.15, 0.2) is 42.5 Å². The van der Waals surface area contributed by atoms with Crippen LogP contribution in [0.1, 0.15) is 29.9 Å². The van der Waals surface area contributed by atoms with Crippen LogP contribution in [0.2, 0.25) is 0 Å². The summed E-state index contributed by atoms with van der Waals surface area (Å²) in [6.45, 7) is 8.19. The number of hydrogen-bond donors (Lipinski definition) is 0. The highest BCUT2D eigenvalue weighted by molar-refractivity contribution is 5.47. The van der Waals surface area contributed by atoms with E-state index < -0.39 is 0 Å². The van der Waals surface area contributed by atoms with E-state index in [0.29, 0.717) is 6.54 Å². The fourth-order valence-corrected chi connectivity index (χ4v) is 4.55. The van der Waals surface area contributed by atoms with Crippen molar-refractivity contribution in [2.45, 2.75) is 19.5 Å². The summed E-state index contributed by atoms with van der Waals surface area (Å²) in [7, 11) is 4.12. The fraction of sp³-hybridized carbons (Fsp3) is 0.458. The van der Waals surface area contributed by atoms with Gasteiger partial charge in [-0.15, -0.1) is 5.10 Å². The first-order valence-electron chi connectivity index (χ1n) is 11.5. The minimum Gasteiger partial charge on any atom is -0.454 e. The quantitative estimate of drug-likeness (QED) is 0.544. The van der Waals surface area contributed by atoms with Gasteiger partial charge in [0, 0.05) is 46.0 Å². The lowest BCUT2D eigenvalue weighted by atomic mass is 10.0. The van der Waals surface area contributed by atoms with Crippen molar-refractivity contribution in [1.29, 1.82) is 0 Å². The average molecular weight is 450 g/mol. The van der Waals surface area contributed by atoms with Gasteiger partial charge < -0.3 is 19.3 Å². The monoisotopic (exact) mass is 449 g/mol. The number of tetrazole rings is 1. The normalized spacial score (nSPS) is 17.3. The predicted octanol–water partition coefficient (Wildman–Crippen LogP) is 2.24. The highest BCUT2D eigenvalue weighted by Gasteiger charge is 2.30. The van der Waals surface area contributed by atoms with Gasteiger partial charge in [-0.3, -0.25) is 4.90 Å². The number of nitrogens with zero attached hydrogens (tertiary/aromatic N) is 7. The summed E-state index contributed by atoms with van der Waals surface area (Å²) < 4.78 is 12.9. The number of piperazine rings is 1. The predicted molar refractivity (Wildman–Crippen MR) is 126 cm³/mol. The van der Waals surface area contributed by atoms with Gasteiger partial charge in [0.25, 0.3) is 0 Å². The number of hydrogen-bond acceptors (Lipinski definition) is 8. The Balaban J connectivity index is 1.46. The van der Waals surface area contributed by atoms with E-state index in [1.54, 1.807) is 0 Å². The Bertz CT molecular complexity index is 1070. The molecule has 0 saturated carbocycles. The number of aromatic nitrogens is 4. The Morgan fingerprint density at radius 1 is 0.970 bits per heavy atom. The van der Waals surface area contributed by atoms with Gasteiger partial charge in [0.2, 0.25) is 6.79 Å². The molecule has 2 aliphatic heterocycles. The number of rotatable bonds is 7. The highest BCUT2D eigenvalue weighted by Crippen LogP contribution is 2.33. The van der Waals surface area contributed by atoms with Crippen molar-refractivity contribution < 1.29 is 9.47 Å². The Morgan fingerprint density at radius 2 is 1.73 bits per heavy atom. The molecule has 5 rings (SSSR count). The van der Waals surface area contributed by atoms with Gasteiger partial charge in [0.15, 0.2) is 17.3 Å². The van der Waals surface area contributed by atoms with Crippen LogP contribution in [0.5, 0.6) is 11.5 Å². The molecule has 1 fully saturated rings. The molecule has 1 saturated heterocycles. The number of fused-ring (bicyclic) bond motifs is 1. The van der Waals surface area contributed by atoms with E-state index in [1.165, 1.54) is 11.3 Å². The molecule has 9 nitrogen and oxygen atoms in total. The fourth-order valence-electron chi connectivity index (χ4n) is 4.55. The van der Waals surface area contributed by atoms with Crippen LogP contribution < -0.4 is 14.4 Å². The Morgan fingerprint density at radius 3 is 2.45 bits per heavy atom. The van der Waals surface area contributed by atoms with Crippen molar-refractivity contribution in [3.05, 3.63) is 59.4 Å². The maximum Gasteiger partial charge on any atom is 0.231 e. The van der Waals surface area contributed by atoms with Gasteiger partial charge in [-0.1, -0.05) is 25.1 Å². The van der Waals surface area contributed by atoms with Gasteiger partial charge >= 0.3 is 0 Å². The maximum atomic E-state index is 5.55. The molecule has 0 unspecified atom stereocenters. The Kier molecular flexibility index (Phi) is 6.15. The third-order valence-electron chi connectivity index (χ3n) is 6.52. The minimum atomic E-state index is -0.00997. The number of benzene rings is 2. The van der Waals surface area contributed by atoms with Crippen LogP contribution in [-0.2, 0) is 6.54 Å². The lowest BCUT2D eigenvalue weighted by Gasteiger charge is -2.38. The molecule has 3 heterocycles. The van der Waals surface area contributed by atoms with Crippen LogP contribution in [0.4, 0.5) is 5.69 Å². The van der Waals surface area contributed by atoms with Crippen molar-refractivity contribution >= 4 is 5.69 Å². The zero-order chi connectivity index (χ0) is 22.8. The summed E-state index contributed by atoms with van der Waals surface area (Å²) in [6.07, 6.45) is 0. The Labute approximate surface area is 194 Å². The van der Waals surface area contributed by atoms with E-state index >= 15 is 0 Å². The highest BCUT2D eigenvalue weighted by atomic mass is 16.7. The molecule has 0 aliphatic carbocycles. The number of anilines is 1. The van der Waals surface area contributed by atoms with Crippen LogP contribution in [0, 0.1) is 0 Å². The summed E-state index contributed by atoms with van der Waals surface area (Å²) in [5.41, 5.74) is 3.45. The molecule has 3 aromatic rings. The molecular weight excluding hydrogens is 418 g/mol. The lowest BCUT2D eigenvalue weighted by Crippen LogP contribution is -2.48. The second kappa shape index (κ2) is 9.36. The summed E-state index contributed by atoms with van der Waals surface area (Å²) in [4.78, 5) is 7.10. The van der Waals surface area contributed by atoms with E-state index in [2.05, 4.69) is 75.5 Å². The molecule has 0 N–H and O–H groups in total. The summed E-state index contributed by atoms with van der Waals surface area (Å²) >= 11 is 0. The third kappa shape index (κ3) is 4.51. The zero-order valence-electron chi connectivity index (χ0n) is 19.5. The molecule has 1 aromatic heterocycles. The van der Waals surface area contributed by atoms with Gasteiger partial charge in [0.1, 0.15) is 0 Å². The summed E-state index contributed by atoms with van der Waals surface area (Å²) in [6, 6.07) is 14.7. The van der Waals surface area contributed by atoms with Crippen molar-refractivity contribution in [3.8, 4) is 11.5 Å². The molecule has 0 radical (unpaired) electrons. The van der Waals surface area contributed by atoms with Gasteiger partial charge in [-0.2, -0.15) is 0 Å². The van der Waals surface area contributed by atoms with E-state index in [1.807, 2.05) is 22.9 Å². The molecule has 0 amide bonds. The SMILES string of the molecule is CCN1CCN([C@@H](c2ccc(N(C)C)cc2)c2nnnn2Cc2ccc3c(c2)OCO3)CC1. The molecule has 2 aliphatic rings. The topological polar surface area (TPSA) is 71.8 Å². The van der Waals surface area contributed by atoms with Crippen molar-refractivity contribution in [2.75, 3.05) is 58.5 Å². The van der Waals surface area contributed by atoms with E-state index in [9.17, 15) is 0 Å². The van der Waals surface area contributed by atoms with E-state index in [0.717, 1.165) is 55.6 Å². The number of likely N-dealkylation sites (N-methyl/N-ethyl adjacent to an activating group) is 1. The van der Waals surface area contributed by atoms with E-state index in [-0.39, 0.29) is 12.8 Å². The van der Waals surface area contributed by atoms with Gasteiger partial charge in [0.05, 0.1) is 12.6 Å². The summed E-state index contributed by atoms with van der Waals surface area (Å²) in [5, 5.41) is 12.9. The molecule has 174 valence electrons. The van der Waals surface area contributed by atoms with E-state index in [4.69, 9.17) is 9.47 Å². The second-order valence-corrected chi connectivity index (χ2v) is 8.74. The summed E-state index contributed by atoms with van der Waals surface area (Å²) in [5.74, 6) is 2.41. The van der Waals surface area contributed by atoms with Crippen LogP contribution in [0.3, 0.4) is 0 Å². The largest absolute Gasteiger partial charge is 0.454 e. The molecule has 33 heavy (non-hydrogen) atoms. The van der Waals surface area contributed by atoms with Crippen LogP contribution in [0.25, 0.3) is 0 Å². The first-order valence-corrected chi connectivity index (χ1v) is 11.5. The first kappa shape index (κ1) is 21.7. The van der Waals surface area contributed by atoms with Gasteiger partial charge in [-0.05, 0) is 52.4 Å². The minimum absolute atomic E-state index is 0.00997. The molecular formula is C24H31N7O2. The van der Waals surface area contributed by atoms with Crippen LogP contribution >= 0.6 is 0 Å². The lowest BCUT2D eigenvalue weighted by molar-refractivity contribution is 0.108. The molecule has 0 bridgehead atoms. The molecule has 2 aromatic carbocycles. The third-order valence-corrected chi connectivity index (χ3v) is 6.52. The Hall–Kier alpha value is -3.17. The average Bonchev–Trinajstić information content (AvgIpc) is 3.49. The van der Waals surface area contributed by atoms with Gasteiger partial charge in [-0.25, -0.2) is 4.68 Å². The standard InChI is InChI=1S/C24H31N7O2/c1-4-29-11-13-30(14-12-29)23(19-6-8-20(9-7-19)28(2)3)24-25-26-27-31(24)16-18-5-10-21-22(15-18)33-17-32-21/h5-10,15,23H,4,11-14,16-17H2,1-3H3/t23-/m0/s1. The number of ether oxygens (including phenoxy) is 2. The molecule has 9 heteroatoms. The maximum absolute atomic E-state index is 5.55. The van der Waals surface area contributed by atoms with Crippen molar-refractivity contribution in [3.63, 3.8) is 0 Å². The smallest absolute Gasteiger partial charge is 0.231 e. The van der Waals surface area contributed by atoms with Crippen molar-refractivity contribution in [2.24, 2.45) is 0 Å². The first-order chi connectivity index (χ1) is 16.1. The van der Waals surface area contributed by atoms with Crippen molar-refractivity contribution in [1.82, 2.24) is 30.0 Å².